The predicted octanol–water partition coefficient (Wildman–Crippen LogP) is 14.0. The van der Waals surface area contributed by atoms with Gasteiger partial charge in [0.05, 0.1) is 22.4 Å². The van der Waals surface area contributed by atoms with E-state index < -0.39 is 15.1 Å². The van der Waals surface area contributed by atoms with E-state index in [-0.39, 0.29) is 11.9 Å². The first kappa shape index (κ1) is 45.9. The molecule has 0 fully saturated rings. The van der Waals surface area contributed by atoms with E-state index in [1.54, 1.807) is 4.67 Å². The Labute approximate surface area is 435 Å². The minimum absolute atomic E-state index is 0.186. The summed E-state index contributed by atoms with van der Waals surface area (Å²) in [6.07, 6.45) is 0.334. The lowest BCUT2D eigenvalue weighted by Crippen LogP contribution is -2.37. The molecule has 0 saturated carbocycles. The predicted molar refractivity (Wildman–Crippen MR) is 303 cm³/mol. The van der Waals surface area contributed by atoms with E-state index in [4.69, 9.17) is 29.9 Å². The number of fused-ring (bicyclic) bond motifs is 2. The summed E-state index contributed by atoms with van der Waals surface area (Å²) in [4.78, 5) is 45.0. The van der Waals surface area contributed by atoms with Crippen molar-refractivity contribution in [2.24, 2.45) is 0 Å². The molecule has 1 N–H and O–H groups in total. The van der Waals surface area contributed by atoms with E-state index in [9.17, 15) is 4.89 Å². The van der Waals surface area contributed by atoms with Crippen LogP contribution in [0.25, 0.3) is 45.6 Å². The second-order valence-electron chi connectivity index (χ2n) is 18.3. The van der Waals surface area contributed by atoms with Crippen LogP contribution in [0.2, 0.25) is 0 Å². The normalized spacial score (nSPS) is 17.8. The zero-order chi connectivity index (χ0) is 50.3. The van der Waals surface area contributed by atoms with Crippen LogP contribution < -0.4 is 24.6 Å². The van der Waals surface area contributed by atoms with E-state index in [1.165, 1.54) is 0 Å². The molecule has 2 aliphatic rings. The van der Waals surface area contributed by atoms with Gasteiger partial charge in [0, 0.05) is 33.9 Å². The number of aromatic nitrogens is 6. The molecule has 9 aromatic carbocycles. The summed E-state index contributed by atoms with van der Waals surface area (Å²) >= 11 is 0. The van der Waals surface area contributed by atoms with Crippen molar-refractivity contribution in [1.29, 1.82) is 0 Å². The summed E-state index contributed by atoms with van der Waals surface area (Å²) in [5, 5.41) is 1.16. The fourth-order valence-corrected chi connectivity index (χ4v) is 16.2. The summed E-state index contributed by atoms with van der Waals surface area (Å²) in [5.74, 6) is 2.21. The first-order valence-corrected chi connectivity index (χ1v) is 28.2. The quantitative estimate of drug-likeness (QED) is 0.132. The first-order valence-electron chi connectivity index (χ1n) is 24.7. The molecule has 13 heteroatoms. The number of benzene rings is 9. The number of hydrogen-bond donors (Lipinski definition) is 1. The van der Waals surface area contributed by atoms with Gasteiger partial charge in [-0.25, -0.2) is 19.5 Å². The topological polar surface area (TPSA) is 124 Å². The fraction of sp³-hybridized carbons (Fsp3) is 0.0323. The van der Waals surface area contributed by atoms with Gasteiger partial charge in [0.25, 0.3) is 13.6 Å². The molecular formula is C62H46N9O2P2+. The Morgan fingerprint density at radius 3 is 1.27 bits per heavy atom. The van der Waals surface area contributed by atoms with Gasteiger partial charge >= 0.3 is 7.44 Å². The average molecular weight is 1010 g/mol. The minimum Gasteiger partial charge on any atom is -0.270 e. The SMILES string of the molecule is O=P1(c2ccc([P+]3(O)CC(c4ccccc4)c4ccccc4N3c3nc(-c4ccccc4)nc(-c4ccccc4)n3)cc2)N(c2ccccc2)c2ccccc2N1c1nc(-c2ccccc2)nc(-c2ccccc2)n1. The molecule has 2 aliphatic heterocycles. The number of anilines is 6. The molecule has 0 amide bonds. The molecule has 11 aromatic rings. The lowest BCUT2D eigenvalue weighted by Gasteiger charge is -2.39. The lowest BCUT2D eigenvalue weighted by molar-refractivity contribution is 0.582. The van der Waals surface area contributed by atoms with Crippen molar-refractivity contribution in [2.45, 2.75) is 5.92 Å². The number of hydrogen-bond acceptors (Lipinski definition) is 9. The zero-order valence-corrected chi connectivity index (χ0v) is 42.1. The third-order valence-electron chi connectivity index (χ3n) is 13.7. The maximum Gasteiger partial charge on any atom is 0.304 e. The van der Waals surface area contributed by atoms with Crippen molar-refractivity contribution in [3.05, 3.63) is 266 Å². The second-order valence-corrected chi connectivity index (χ2v) is 23.4. The van der Waals surface area contributed by atoms with Crippen molar-refractivity contribution >= 4 is 60.3 Å². The van der Waals surface area contributed by atoms with E-state index in [0.717, 1.165) is 50.4 Å². The van der Waals surface area contributed by atoms with Crippen LogP contribution in [0.5, 0.6) is 0 Å². The Bertz CT molecular complexity index is 3770. The van der Waals surface area contributed by atoms with Gasteiger partial charge in [-0.3, -0.25) is 9.24 Å². The van der Waals surface area contributed by atoms with Crippen LogP contribution in [-0.4, -0.2) is 41.0 Å². The average Bonchev–Trinajstić information content (AvgIpc) is 3.77. The Kier molecular flexibility index (Phi) is 11.7. The molecule has 0 saturated heterocycles. The highest BCUT2D eigenvalue weighted by molar-refractivity contribution is 7.79. The molecule has 3 atom stereocenters. The van der Waals surface area contributed by atoms with E-state index in [2.05, 4.69) is 18.2 Å². The maximum atomic E-state index is 17.3. The van der Waals surface area contributed by atoms with E-state index >= 15 is 4.57 Å². The van der Waals surface area contributed by atoms with E-state index in [1.807, 2.05) is 246 Å². The van der Waals surface area contributed by atoms with Crippen molar-refractivity contribution in [1.82, 2.24) is 29.9 Å². The molecule has 3 unspecified atom stereocenters. The van der Waals surface area contributed by atoms with Gasteiger partial charge < -0.3 is 0 Å². The van der Waals surface area contributed by atoms with Crippen LogP contribution in [0.3, 0.4) is 0 Å². The second kappa shape index (κ2) is 19.1. The van der Waals surface area contributed by atoms with Crippen LogP contribution >= 0.6 is 15.1 Å². The number of para-hydroxylation sites is 4. The van der Waals surface area contributed by atoms with Crippen molar-refractivity contribution in [2.75, 3.05) is 20.2 Å². The summed E-state index contributed by atoms with van der Waals surface area (Å²) in [7, 11) is -7.60. The first-order chi connectivity index (χ1) is 36.9. The molecular weight excluding hydrogens is 965 g/mol. The smallest absolute Gasteiger partial charge is 0.270 e. The third-order valence-corrected chi connectivity index (χ3v) is 19.7. The molecule has 360 valence electrons. The molecule has 11 nitrogen and oxygen atoms in total. The molecule has 4 heterocycles. The van der Waals surface area contributed by atoms with Crippen molar-refractivity contribution < 1.29 is 9.46 Å². The van der Waals surface area contributed by atoms with Gasteiger partial charge in [-0.2, -0.15) is 19.9 Å². The Balaban J connectivity index is 1.02. The van der Waals surface area contributed by atoms with Gasteiger partial charge in [0.2, 0.25) is 5.95 Å². The van der Waals surface area contributed by atoms with Crippen LogP contribution in [0.15, 0.2) is 255 Å². The van der Waals surface area contributed by atoms with Crippen LogP contribution in [0, 0.1) is 0 Å². The highest BCUT2D eigenvalue weighted by Crippen LogP contribution is 2.71. The van der Waals surface area contributed by atoms with Crippen LogP contribution in [0.1, 0.15) is 17.0 Å². The summed E-state index contributed by atoms with van der Waals surface area (Å²) in [5.41, 5.74) is 8.25. The molecule has 2 aromatic heterocycles. The fourth-order valence-electron chi connectivity index (χ4n) is 10.2. The summed E-state index contributed by atoms with van der Waals surface area (Å²) in [6, 6.07) is 83.1. The highest BCUT2D eigenvalue weighted by atomic mass is 31.2. The summed E-state index contributed by atoms with van der Waals surface area (Å²) in [6.45, 7) is 0. The monoisotopic (exact) mass is 1010 g/mol. The van der Waals surface area contributed by atoms with Crippen LogP contribution in [0.4, 0.5) is 34.6 Å². The highest BCUT2D eigenvalue weighted by Gasteiger charge is 2.57. The molecule has 0 spiro atoms. The molecule has 75 heavy (non-hydrogen) atoms. The molecule has 13 rings (SSSR count). The maximum absolute atomic E-state index is 17.3. The van der Waals surface area contributed by atoms with Gasteiger partial charge in [-0.05, 0) is 65.7 Å². The number of rotatable bonds is 10. The molecule has 0 bridgehead atoms. The Morgan fingerprint density at radius 2 is 0.787 bits per heavy atom. The Hall–Kier alpha value is -8.98. The van der Waals surface area contributed by atoms with Gasteiger partial charge in [0.15, 0.2) is 23.3 Å². The zero-order valence-electron chi connectivity index (χ0n) is 40.3. The van der Waals surface area contributed by atoms with Crippen molar-refractivity contribution in [3.63, 3.8) is 0 Å². The van der Waals surface area contributed by atoms with Gasteiger partial charge in [-0.15, -0.1) is 4.67 Å². The van der Waals surface area contributed by atoms with Gasteiger partial charge in [0.1, 0.15) is 11.5 Å². The largest absolute Gasteiger partial charge is 0.304 e. The van der Waals surface area contributed by atoms with E-state index in [0.29, 0.717) is 51.7 Å². The molecule has 0 radical (unpaired) electrons. The van der Waals surface area contributed by atoms with Crippen molar-refractivity contribution in [3.8, 4) is 45.6 Å². The van der Waals surface area contributed by atoms with Crippen LogP contribution in [-0.2, 0) is 4.57 Å². The third kappa shape index (κ3) is 8.15. The number of nitrogens with zero attached hydrogens (tertiary/aromatic N) is 9. The molecule has 0 aliphatic carbocycles. The Morgan fingerprint density at radius 1 is 0.400 bits per heavy atom. The summed E-state index contributed by atoms with van der Waals surface area (Å²) < 4.78 is 23.0. The lowest BCUT2D eigenvalue weighted by atomic mass is 9.91. The standard InChI is InChI=1S/C62H46N9O2P2/c72-74(43-53(44-23-7-1-8-24-44)52-35-19-20-36-54(52)70(74)61-65-57(45-25-9-2-10-26-45)63-58(66-61)46-27-11-3-12-28-46)50-39-41-51(42-40-50)75(73)69(49-33-17-6-18-34-49)55-37-21-22-38-56(55)71(75)62-67-59(47-29-13-4-14-30-47)64-60(68-62)48-31-15-5-16-32-48/h1-42,53,72H,43H2/q+1. The minimum atomic E-state index is -4.04. The van der Waals surface area contributed by atoms with Gasteiger partial charge in [-0.1, -0.05) is 200 Å².